The van der Waals surface area contributed by atoms with Crippen LogP contribution in [0.25, 0.3) is 0 Å². The molecule has 0 amide bonds. The number of ether oxygens (including phenoxy) is 2. The number of rotatable bonds is 6. The van der Waals surface area contributed by atoms with E-state index in [2.05, 4.69) is 0 Å². The Kier molecular flexibility index (Phi) is 4.39. The molecule has 2 unspecified atom stereocenters. The van der Waals surface area contributed by atoms with Crippen LogP contribution in [0.2, 0.25) is 0 Å². The highest BCUT2D eigenvalue weighted by Gasteiger charge is 2.32. The number of aliphatic carboxylic acids is 1. The number of hydrogen-bond acceptors (Lipinski definition) is 4. The first kappa shape index (κ1) is 11.8. The highest BCUT2D eigenvalue weighted by molar-refractivity contribution is 5.66. The molecule has 5 nitrogen and oxygen atoms in total. The summed E-state index contributed by atoms with van der Waals surface area (Å²) in [6.45, 7) is 1.80. The summed E-state index contributed by atoms with van der Waals surface area (Å²) in [7, 11) is 0. The predicted octanol–water partition coefficient (Wildman–Crippen LogP) is 1.95. The fourth-order valence-corrected chi connectivity index (χ4v) is 1.57. The number of carbonyl (C=O) groups excluding carboxylic acids is 1. The summed E-state index contributed by atoms with van der Waals surface area (Å²) in [5.41, 5.74) is 0. The van der Waals surface area contributed by atoms with Gasteiger partial charge in [-0.2, -0.15) is 0 Å². The molecule has 1 N–H and O–H groups in total. The minimum Gasteiger partial charge on any atom is -0.481 e. The molecular formula is C10H16O5. The SMILES string of the molecule is CC1OC(=O)OC1CCCCCC(=O)O. The van der Waals surface area contributed by atoms with Gasteiger partial charge in [-0.3, -0.25) is 4.79 Å². The largest absolute Gasteiger partial charge is 0.509 e. The van der Waals surface area contributed by atoms with Crippen LogP contribution in [0, 0.1) is 0 Å². The molecule has 1 fully saturated rings. The second kappa shape index (κ2) is 5.58. The zero-order chi connectivity index (χ0) is 11.3. The Morgan fingerprint density at radius 1 is 1.33 bits per heavy atom. The van der Waals surface area contributed by atoms with Crippen LogP contribution in [0.1, 0.15) is 39.0 Å². The summed E-state index contributed by atoms with van der Waals surface area (Å²) in [5, 5.41) is 8.41. The van der Waals surface area contributed by atoms with Crippen molar-refractivity contribution in [3.8, 4) is 0 Å². The van der Waals surface area contributed by atoms with E-state index in [1.54, 1.807) is 6.92 Å². The maximum absolute atomic E-state index is 10.7. The van der Waals surface area contributed by atoms with E-state index in [9.17, 15) is 9.59 Å². The third-order valence-electron chi connectivity index (χ3n) is 2.43. The number of carboxylic acid groups (broad SMARTS) is 1. The number of carbonyl (C=O) groups is 2. The van der Waals surface area contributed by atoms with Crippen molar-refractivity contribution in [3.05, 3.63) is 0 Å². The molecule has 2 atom stereocenters. The van der Waals surface area contributed by atoms with Gasteiger partial charge in [-0.1, -0.05) is 6.42 Å². The van der Waals surface area contributed by atoms with Gasteiger partial charge in [0, 0.05) is 6.42 Å². The summed E-state index contributed by atoms with van der Waals surface area (Å²) in [6, 6.07) is 0. The van der Waals surface area contributed by atoms with Crippen LogP contribution >= 0.6 is 0 Å². The van der Waals surface area contributed by atoms with Gasteiger partial charge in [0.05, 0.1) is 0 Å². The summed E-state index contributed by atoms with van der Waals surface area (Å²) >= 11 is 0. The molecular weight excluding hydrogens is 200 g/mol. The van der Waals surface area contributed by atoms with E-state index in [-0.39, 0.29) is 18.6 Å². The molecule has 0 aromatic rings. The van der Waals surface area contributed by atoms with Crippen LogP contribution < -0.4 is 0 Å². The van der Waals surface area contributed by atoms with Crippen molar-refractivity contribution in [1.82, 2.24) is 0 Å². The first-order valence-electron chi connectivity index (χ1n) is 5.18. The Bertz CT molecular complexity index is 238. The first-order valence-corrected chi connectivity index (χ1v) is 5.18. The van der Waals surface area contributed by atoms with Gasteiger partial charge in [0.15, 0.2) is 0 Å². The summed E-state index contributed by atoms with van der Waals surface area (Å²) in [4.78, 5) is 20.9. The van der Waals surface area contributed by atoms with Crippen molar-refractivity contribution in [2.75, 3.05) is 0 Å². The smallest absolute Gasteiger partial charge is 0.481 e. The lowest BCUT2D eigenvalue weighted by Crippen LogP contribution is -2.18. The van der Waals surface area contributed by atoms with Gasteiger partial charge in [-0.25, -0.2) is 4.79 Å². The van der Waals surface area contributed by atoms with E-state index in [1.165, 1.54) is 0 Å². The van der Waals surface area contributed by atoms with E-state index in [4.69, 9.17) is 14.6 Å². The fraction of sp³-hybridized carbons (Fsp3) is 0.800. The molecule has 0 aliphatic carbocycles. The summed E-state index contributed by atoms with van der Waals surface area (Å²) in [5.74, 6) is -0.765. The molecule has 5 heteroatoms. The molecule has 1 aliphatic rings. The van der Waals surface area contributed by atoms with E-state index in [1.807, 2.05) is 0 Å². The average Bonchev–Trinajstić information content (AvgIpc) is 2.44. The molecule has 0 bridgehead atoms. The molecule has 0 aromatic heterocycles. The molecule has 0 aromatic carbocycles. The van der Waals surface area contributed by atoms with Gasteiger partial charge in [-0.15, -0.1) is 0 Å². The number of cyclic esters (lactones) is 2. The molecule has 1 saturated heterocycles. The lowest BCUT2D eigenvalue weighted by atomic mass is 10.1. The van der Waals surface area contributed by atoms with Gasteiger partial charge >= 0.3 is 12.1 Å². The highest BCUT2D eigenvalue weighted by Crippen LogP contribution is 2.20. The predicted molar refractivity (Wildman–Crippen MR) is 51.5 cm³/mol. The van der Waals surface area contributed by atoms with Gasteiger partial charge in [-0.05, 0) is 26.2 Å². The number of carboxylic acids is 1. The summed E-state index contributed by atoms with van der Waals surface area (Å²) < 4.78 is 9.74. The first-order chi connectivity index (χ1) is 7.09. The topological polar surface area (TPSA) is 72.8 Å². The Balaban J connectivity index is 2.05. The van der Waals surface area contributed by atoms with Crippen LogP contribution in [-0.4, -0.2) is 29.4 Å². The zero-order valence-electron chi connectivity index (χ0n) is 8.77. The van der Waals surface area contributed by atoms with Crippen molar-refractivity contribution in [2.45, 2.75) is 51.2 Å². The third kappa shape index (κ3) is 4.18. The van der Waals surface area contributed by atoms with Gasteiger partial charge in [0.2, 0.25) is 0 Å². The molecule has 86 valence electrons. The average molecular weight is 216 g/mol. The van der Waals surface area contributed by atoms with Crippen LogP contribution in [-0.2, 0) is 14.3 Å². The van der Waals surface area contributed by atoms with Gasteiger partial charge in [0.25, 0.3) is 0 Å². The third-order valence-corrected chi connectivity index (χ3v) is 2.43. The van der Waals surface area contributed by atoms with Gasteiger partial charge in [0.1, 0.15) is 12.2 Å². The Morgan fingerprint density at radius 3 is 2.60 bits per heavy atom. The van der Waals surface area contributed by atoms with Crippen LogP contribution in [0.4, 0.5) is 4.79 Å². The van der Waals surface area contributed by atoms with E-state index in [0.717, 1.165) is 19.3 Å². The minimum atomic E-state index is -0.765. The van der Waals surface area contributed by atoms with Crippen molar-refractivity contribution >= 4 is 12.1 Å². The Hall–Kier alpha value is -1.26. The Morgan fingerprint density at radius 2 is 2.07 bits per heavy atom. The molecule has 1 aliphatic heterocycles. The van der Waals surface area contributed by atoms with Gasteiger partial charge < -0.3 is 14.6 Å². The standard InChI is InChI=1S/C10H16O5/c1-7-8(15-10(13)14-7)5-3-2-4-6-9(11)12/h7-8H,2-6H2,1H3,(H,11,12). The quantitative estimate of drug-likeness (QED) is 0.542. The lowest BCUT2D eigenvalue weighted by Gasteiger charge is -2.10. The molecule has 1 heterocycles. The Labute approximate surface area is 88.4 Å². The molecule has 0 radical (unpaired) electrons. The molecule has 0 saturated carbocycles. The number of hydrogen-bond donors (Lipinski definition) is 1. The monoisotopic (exact) mass is 216 g/mol. The second-order valence-electron chi connectivity index (χ2n) is 3.72. The minimum absolute atomic E-state index is 0.165. The van der Waals surface area contributed by atoms with E-state index in [0.29, 0.717) is 6.42 Å². The second-order valence-corrected chi connectivity index (χ2v) is 3.72. The maximum Gasteiger partial charge on any atom is 0.509 e. The molecule has 15 heavy (non-hydrogen) atoms. The van der Waals surface area contributed by atoms with Crippen molar-refractivity contribution < 1.29 is 24.2 Å². The zero-order valence-corrected chi connectivity index (χ0v) is 8.77. The maximum atomic E-state index is 10.7. The molecule has 0 spiro atoms. The van der Waals surface area contributed by atoms with Crippen molar-refractivity contribution in [3.63, 3.8) is 0 Å². The van der Waals surface area contributed by atoms with E-state index >= 15 is 0 Å². The molecule has 1 rings (SSSR count). The lowest BCUT2D eigenvalue weighted by molar-refractivity contribution is -0.137. The fourth-order valence-electron chi connectivity index (χ4n) is 1.57. The highest BCUT2D eigenvalue weighted by atomic mass is 16.8. The van der Waals surface area contributed by atoms with Crippen LogP contribution in [0.3, 0.4) is 0 Å². The normalized spacial score (nSPS) is 24.7. The van der Waals surface area contributed by atoms with Crippen molar-refractivity contribution in [1.29, 1.82) is 0 Å². The van der Waals surface area contributed by atoms with Crippen LogP contribution in [0.5, 0.6) is 0 Å². The number of unbranched alkanes of at least 4 members (excludes halogenated alkanes) is 2. The van der Waals surface area contributed by atoms with Crippen LogP contribution in [0.15, 0.2) is 0 Å². The van der Waals surface area contributed by atoms with Crippen molar-refractivity contribution in [2.24, 2.45) is 0 Å². The van der Waals surface area contributed by atoms with E-state index < -0.39 is 12.1 Å². The summed E-state index contributed by atoms with van der Waals surface area (Å²) in [6.07, 6.45) is 2.37.